The minimum atomic E-state index is -1.04. The zero-order valence-corrected chi connectivity index (χ0v) is 21.3. The molecule has 1 N–H and O–H groups in total. The van der Waals surface area contributed by atoms with Crippen molar-refractivity contribution in [2.45, 2.75) is 32.2 Å². The number of nitrogens with zero attached hydrogens (tertiary/aromatic N) is 2. The summed E-state index contributed by atoms with van der Waals surface area (Å²) in [6, 6.07) is 15.0. The predicted molar refractivity (Wildman–Crippen MR) is 142 cm³/mol. The Morgan fingerprint density at radius 2 is 1.79 bits per heavy atom. The minimum absolute atomic E-state index is 0.157. The van der Waals surface area contributed by atoms with Crippen LogP contribution in [0, 0.1) is 11.6 Å². The number of amides is 1. The molecule has 9 heteroatoms. The van der Waals surface area contributed by atoms with E-state index in [-0.39, 0.29) is 16.3 Å². The number of hydrogen-bond donors (Lipinski definition) is 1. The van der Waals surface area contributed by atoms with Gasteiger partial charge in [-0.3, -0.25) is 14.5 Å². The molecule has 2 heterocycles. The van der Waals surface area contributed by atoms with Gasteiger partial charge in [0, 0.05) is 5.56 Å². The zero-order chi connectivity index (χ0) is 26.8. The Bertz CT molecular complexity index is 1550. The lowest BCUT2D eigenvalue weighted by Crippen LogP contribution is -2.29. The highest BCUT2D eigenvalue weighted by Crippen LogP contribution is 2.44. The molecule has 6 nitrogen and oxygen atoms in total. The predicted octanol–water partition coefficient (Wildman–Crippen LogP) is 6.77. The fourth-order valence-corrected chi connectivity index (χ4v) is 5.43. The van der Waals surface area contributed by atoms with Gasteiger partial charge in [-0.05, 0) is 66.6 Å². The van der Waals surface area contributed by atoms with E-state index in [0.29, 0.717) is 28.1 Å². The Labute approximate surface area is 221 Å². The molecule has 0 saturated carbocycles. The number of halogens is 2. The van der Waals surface area contributed by atoms with Crippen molar-refractivity contribution in [1.29, 1.82) is 0 Å². The number of hydrogen-bond acceptors (Lipinski definition) is 6. The molecule has 5 rings (SSSR count). The van der Waals surface area contributed by atoms with Crippen LogP contribution in [-0.4, -0.2) is 28.4 Å². The van der Waals surface area contributed by atoms with Gasteiger partial charge in [0.1, 0.15) is 23.1 Å². The monoisotopic (exact) mass is 534 g/mol. The quantitative estimate of drug-likeness (QED) is 0.117. The van der Waals surface area contributed by atoms with Gasteiger partial charge in [-0.1, -0.05) is 43.2 Å². The van der Waals surface area contributed by atoms with Crippen LogP contribution >= 0.6 is 11.3 Å². The van der Waals surface area contributed by atoms with Crippen molar-refractivity contribution in [3.8, 4) is 5.75 Å². The van der Waals surface area contributed by atoms with Crippen molar-refractivity contribution < 1.29 is 28.2 Å². The summed E-state index contributed by atoms with van der Waals surface area (Å²) < 4.78 is 33.8. The molecule has 1 aromatic heterocycles. The Morgan fingerprint density at radius 1 is 1.03 bits per heavy atom. The summed E-state index contributed by atoms with van der Waals surface area (Å²) in [5.74, 6) is -2.62. The second-order valence-corrected chi connectivity index (χ2v) is 9.92. The number of benzene rings is 3. The van der Waals surface area contributed by atoms with Crippen molar-refractivity contribution in [3.63, 3.8) is 0 Å². The standard InChI is InChI=1S/C29H24F2N2O4S/c1-2-3-4-14-37-21-7-5-6-18(15-21)25-24(26(34)17-8-10-19(30)11-9-17)27(35)28(36)33(25)29-32-22-13-12-20(31)16-23(22)38-29/h5-13,15-16,25,34H,2-4,14H2,1H3/b26-24+. The summed E-state index contributed by atoms with van der Waals surface area (Å²) in [6.07, 6.45) is 2.95. The van der Waals surface area contributed by atoms with E-state index in [2.05, 4.69) is 11.9 Å². The lowest BCUT2D eigenvalue weighted by molar-refractivity contribution is -0.132. The highest BCUT2D eigenvalue weighted by molar-refractivity contribution is 7.22. The number of carbonyl (C=O) groups is 2. The molecular formula is C29H24F2N2O4S. The molecule has 1 atom stereocenters. The van der Waals surface area contributed by atoms with Gasteiger partial charge in [-0.15, -0.1) is 0 Å². The van der Waals surface area contributed by atoms with Crippen LogP contribution in [0.1, 0.15) is 43.4 Å². The number of thiazole rings is 1. The number of aliphatic hydroxyl groups is 1. The second kappa shape index (κ2) is 10.7. The Hall–Kier alpha value is -4.11. The third-order valence-electron chi connectivity index (χ3n) is 6.30. The number of ether oxygens (including phenoxy) is 1. The van der Waals surface area contributed by atoms with E-state index >= 15 is 0 Å². The maximum atomic E-state index is 13.8. The fourth-order valence-electron chi connectivity index (χ4n) is 4.41. The average molecular weight is 535 g/mol. The van der Waals surface area contributed by atoms with E-state index in [1.54, 1.807) is 24.3 Å². The first-order chi connectivity index (χ1) is 18.4. The van der Waals surface area contributed by atoms with Crippen molar-refractivity contribution >= 4 is 44.1 Å². The van der Waals surface area contributed by atoms with E-state index < -0.39 is 35.1 Å². The molecule has 0 spiro atoms. The number of rotatable bonds is 8. The number of Topliss-reactive ketones (excluding diaryl/α,β-unsaturated/α-hetero) is 1. The molecule has 0 radical (unpaired) electrons. The molecular weight excluding hydrogens is 510 g/mol. The summed E-state index contributed by atoms with van der Waals surface area (Å²) >= 11 is 1.06. The van der Waals surface area contributed by atoms with E-state index in [0.717, 1.165) is 42.7 Å². The van der Waals surface area contributed by atoms with E-state index in [1.165, 1.54) is 35.2 Å². The maximum Gasteiger partial charge on any atom is 0.301 e. The molecule has 0 aliphatic carbocycles. The summed E-state index contributed by atoms with van der Waals surface area (Å²) in [5.41, 5.74) is 1.02. The number of aromatic nitrogens is 1. The van der Waals surface area contributed by atoms with Crippen molar-refractivity contribution in [2.24, 2.45) is 0 Å². The molecule has 1 amide bonds. The average Bonchev–Trinajstić information content (AvgIpc) is 3.44. The molecule has 1 fully saturated rings. The molecule has 1 aliphatic heterocycles. The van der Waals surface area contributed by atoms with Crippen LogP contribution < -0.4 is 9.64 Å². The van der Waals surface area contributed by atoms with Crippen molar-refractivity contribution in [1.82, 2.24) is 4.98 Å². The van der Waals surface area contributed by atoms with Crippen LogP contribution in [0.5, 0.6) is 5.75 Å². The Balaban J connectivity index is 1.64. The highest BCUT2D eigenvalue weighted by atomic mass is 32.1. The summed E-state index contributed by atoms with van der Waals surface area (Å²) in [4.78, 5) is 32.5. The third-order valence-corrected chi connectivity index (χ3v) is 7.32. The lowest BCUT2D eigenvalue weighted by atomic mass is 9.95. The molecule has 3 aromatic carbocycles. The SMILES string of the molecule is CCCCCOc1cccc(C2/C(=C(\O)c3ccc(F)cc3)C(=O)C(=O)N2c2nc3ccc(F)cc3s2)c1. The van der Waals surface area contributed by atoms with Gasteiger partial charge in [0.25, 0.3) is 5.78 Å². The van der Waals surface area contributed by atoms with Gasteiger partial charge in [-0.2, -0.15) is 0 Å². The molecule has 1 saturated heterocycles. The molecule has 1 unspecified atom stereocenters. The van der Waals surface area contributed by atoms with Gasteiger partial charge in [-0.25, -0.2) is 13.8 Å². The van der Waals surface area contributed by atoms with Crippen molar-refractivity contribution in [2.75, 3.05) is 11.5 Å². The molecule has 38 heavy (non-hydrogen) atoms. The largest absolute Gasteiger partial charge is 0.507 e. The lowest BCUT2D eigenvalue weighted by Gasteiger charge is -2.23. The topological polar surface area (TPSA) is 79.7 Å². The van der Waals surface area contributed by atoms with Crippen LogP contribution in [0.15, 0.2) is 72.3 Å². The molecule has 194 valence electrons. The fraction of sp³-hybridized carbons (Fsp3) is 0.207. The van der Waals surface area contributed by atoms with Crippen LogP contribution in [0.3, 0.4) is 0 Å². The van der Waals surface area contributed by atoms with Crippen LogP contribution in [0.4, 0.5) is 13.9 Å². The van der Waals surface area contributed by atoms with Gasteiger partial charge in [0.2, 0.25) is 0 Å². The number of unbranched alkanes of at least 4 members (excludes halogenated alkanes) is 2. The van der Waals surface area contributed by atoms with E-state index in [9.17, 15) is 23.5 Å². The first-order valence-corrected chi connectivity index (χ1v) is 13.0. The molecule has 0 bridgehead atoms. The smallest absolute Gasteiger partial charge is 0.301 e. The minimum Gasteiger partial charge on any atom is -0.507 e. The highest BCUT2D eigenvalue weighted by Gasteiger charge is 2.48. The molecule has 1 aliphatic rings. The number of carbonyl (C=O) groups excluding carboxylic acids is 2. The van der Waals surface area contributed by atoms with Crippen LogP contribution in [-0.2, 0) is 9.59 Å². The Morgan fingerprint density at radius 3 is 2.55 bits per heavy atom. The van der Waals surface area contributed by atoms with E-state index in [4.69, 9.17) is 4.74 Å². The number of aliphatic hydroxyl groups excluding tert-OH is 1. The van der Waals surface area contributed by atoms with Gasteiger partial charge in [0.15, 0.2) is 5.13 Å². The van der Waals surface area contributed by atoms with Crippen LogP contribution in [0.2, 0.25) is 0 Å². The Kier molecular flexibility index (Phi) is 7.20. The summed E-state index contributed by atoms with van der Waals surface area (Å²) in [5, 5.41) is 11.4. The second-order valence-electron chi connectivity index (χ2n) is 8.91. The number of ketones is 1. The molecule has 4 aromatic rings. The van der Waals surface area contributed by atoms with Gasteiger partial charge >= 0.3 is 5.91 Å². The first kappa shape index (κ1) is 25.5. The van der Waals surface area contributed by atoms with Crippen molar-refractivity contribution in [3.05, 3.63) is 95.1 Å². The van der Waals surface area contributed by atoms with Gasteiger partial charge < -0.3 is 9.84 Å². The summed E-state index contributed by atoms with van der Waals surface area (Å²) in [6.45, 7) is 2.61. The third kappa shape index (κ3) is 4.89. The van der Waals surface area contributed by atoms with Gasteiger partial charge in [0.05, 0.1) is 28.4 Å². The summed E-state index contributed by atoms with van der Waals surface area (Å²) in [7, 11) is 0. The first-order valence-electron chi connectivity index (χ1n) is 12.2. The normalized spacial score (nSPS) is 16.9. The van der Waals surface area contributed by atoms with E-state index in [1.807, 2.05) is 0 Å². The zero-order valence-electron chi connectivity index (χ0n) is 20.5. The number of anilines is 1. The van der Waals surface area contributed by atoms with Crippen LogP contribution in [0.25, 0.3) is 16.0 Å². The maximum absolute atomic E-state index is 13.8. The number of fused-ring (bicyclic) bond motifs is 1.